The molecule has 34 heavy (non-hydrogen) atoms. The van der Waals surface area contributed by atoms with E-state index in [2.05, 4.69) is 33.8 Å². The molecule has 0 radical (unpaired) electrons. The van der Waals surface area contributed by atoms with Gasteiger partial charge in [-0.3, -0.25) is 9.78 Å². The van der Waals surface area contributed by atoms with Crippen molar-refractivity contribution in [3.8, 4) is 22.5 Å². The van der Waals surface area contributed by atoms with Crippen LogP contribution in [0.5, 0.6) is 0 Å². The van der Waals surface area contributed by atoms with Crippen molar-refractivity contribution >= 4 is 22.6 Å². The van der Waals surface area contributed by atoms with Crippen LogP contribution in [0.2, 0.25) is 0 Å². The number of nitrogens with zero attached hydrogens (tertiary/aromatic N) is 3. The molecule has 0 saturated carbocycles. The van der Waals surface area contributed by atoms with Gasteiger partial charge in [0.2, 0.25) is 0 Å². The van der Waals surface area contributed by atoms with Gasteiger partial charge in [0.25, 0.3) is 5.91 Å². The maximum atomic E-state index is 12.2. The lowest BCUT2D eigenvalue weighted by atomic mass is 10.0. The predicted octanol–water partition coefficient (Wildman–Crippen LogP) is 5.33. The van der Waals surface area contributed by atoms with E-state index in [0.717, 1.165) is 39.1 Å². The van der Waals surface area contributed by atoms with Gasteiger partial charge in [-0.25, -0.2) is 9.97 Å². The summed E-state index contributed by atoms with van der Waals surface area (Å²) in [6.45, 7) is 0.522. The first-order chi connectivity index (χ1) is 16.7. The van der Waals surface area contributed by atoms with Gasteiger partial charge in [-0.1, -0.05) is 60.7 Å². The number of aromatic nitrogens is 3. The molecule has 0 unspecified atom stereocenters. The summed E-state index contributed by atoms with van der Waals surface area (Å²) in [5.74, 6) is 1.12. The quantitative estimate of drug-likeness (QED) is 0.369. The summed E-state index contributed by atoms with van der Waals surface area (Å²) in [6.07, 6.45) is 1.78. The fraction of sp³-hybridized carbons (Fsp3) is 0.0714. The first kappa shape index (κ1) is 21.3. The number of amides is 1. The predicted molar refractivity (Wildman–Crippen MR) is 135 cm³/mol. The Bertz CT molecular complexity index is 1450. The van der Waals surface area contributed by atoms with E-state index in [9.17, 15) is 4.79 Å². The lowest BCUT2D eigenvalue weighted by Crippen LogP contribution is -2.17. The molecular formula is C28H23N5O. The number of benzene rings is 3. The maximum Gasteiger partial charge on any atom is 0.251 e. The van der Waals surface area contributed by atoms with Crippen molar-refractivity contribution in [2.75, 3.05) is 12.4 Å². The van der Waals surface area contributed by atoms with Crippen LogP contribution in [-0.4, -0.2) is 27.9 Å². The van der Waals surface area contributed by atoms with Crippen LogP contribution in [-0.2, 0) is 6.54 Å². The van der Waals surface area contributed by atoms with E-state index < -0.39 is 0 Å². The molecule has 0 fully saturated rings. The van der Waals surface area contributed by atoms with Crippen LogP contribution < -0.4 is 10.6 Å². The third kappa shape index (κ3) is 4.34. The van der Waals surface area contributed by atoms with Gasteiger partial charge in [0, 0.05) is 24.4 Å². The zero-order valence-electron chi connectivity index (χ0n) is 18.7. The topological polar surface area (TPSA) is 79.8 Å². The third-order valence-electron chi connectivity index (χ3n) is 5.58. The summed E-state index contributed by atoms with van der Waals surface area (Å²) in [5.41, 5.74) is 5.20. The number of anilines is 1. The molecular weight excluding hydrogens is 422 g/mol. The molecule has 5 aromatic rings. The summed E-state index contributed by atoms with van der Waals surface area (Å²) in [4.78, 5) is 26.4. The second kappa shape index (κ2) is 9.50. The number of rotatable bonds is 6. The van der Waals surface area contributed by atoms with Crippen LogP contribution in [0, 0.1) is 0 Å². The van der Waals surface area contributed by atoms with Gasteiger partial charge in [-0.15, -0.1) is 0 Å². The van der Waals surface area contributed by atoms with Crippen molar-refractivity contribution in [1.82, 2.24) is 20.3 Å². The van der Waals surface area contributed by atoms with Crippen LogP contribution in [0.4, 0.5) is 5.82 Å². The lowest BCUT2D eigenvalue weighted by molar-refractivity contribution is 0.0963. The second-order valence-electron chi connectivity index (χ2n) is 7.80. The normalized spacial score (nSPS) is 10.7. The number of nitrogens with one attached hydrogen (secondary N) is 2. The van der Waals surface area contributed by atoms with Gasteiger partial charge in [-0.2, -0.15) is 0 Å². The van der Waals surface area contributed by atoms with E-state index in [0.29, 0.717) is 17.9 Å². The van der Waals surface area contributed by atoms with Crippen molar-refractivity contribution in [3.63, 3.8) is 0 Å². The van der Waals surface area contributed by atoms with Gasteiger partial charge in [0.05, 0.1) is 23.1 Å². The van der Waals surface area contributed by atoms with Crippen LogP contribution in [0.15, 0.2) is 97.2 Å². The molecule has 5 rings (SSSR count). The largest absolute Gasteiger partial charge is 0.364 e. The molecule has 0 atom stereocenters. The van der Waals surface area contributed by atoms with Crippen molar-refractivity contribution in [3.05, 3.63) is 108 Å². The molecule has 0 bridgehead atoms. The van der Waals surface area contributed by atoms with Gasteiger partial charge >= 0.3 is 0 Å². The van der Waals surface area contributed by atoms with Crippen LogP contribution in [0.3, 0.4) is 0 Å². The van der Waals surface area contributed by atoms with Gasteiger partial charge in [0.1, 0.15) is 5.82 Å². The van der Waals surface area contributed by atoms with Crippen LogP contribution in [0.25, 0.3) is 33.4 Å². The summed E-state index contributed by atoms with van der Waals surface area (Å²) >= 11 is 0. The Labute approximate surface area is 197 Å². The lowest BCUT2D eigenvalue weighted by Gasteiger charge is -2.14. The molecule has 0 aliphatic carbocycles. The molecule has 6 nitrogen and oxygen atoms in total. The van der Waals surface area contributed by atoms with E-state index in [4.69, 9.17) is 9.97 Å². The number of carbonyl (C=O) groups is 1. The molecule has 0 aliphatic rings. The molecule has 2 heterocycles. The number of carbonyl (C=O) groups excluding carboxylic acids is 1. The van der Waals surface area contributed by atoms with Crippen molar-refractivity contribution in [2.45, 2.75) is 6.54 Å². The number of hydrogen-bond donors (Lipinski definition) is 2. The van der Waals surface area contributed by atoms with E-state index in [1.165, 1.54) is 0 Å². The fourth-order valence-corrected chi connectivity index (χ4v) is 3.92. The maximum absolute atomic E-state index is 12.2. The third-order valence-corrected chi connectivity index (χ3v) is 5.58. The van der Waals surface area contributed by atoms with Gasteiger partial charge in [0.15, 0.2) is 5.82 Å². The zero-order chi connectivity index (χ0) is 23.3. The van der Waals surface area contributed by atoms with Crippen LogP contribution in [0.1, 0.15) is 16.1 Å². The Morgan fingerprint density at radius 3 is 2.41 bits per heavy atom. The Kier molecular flexibility index (Phi) is 5.95. The Balaban J connectivity index is 1.67. The summed E-state index contributed by atoms with van der Waals surface area (Å²) in [6, 6.07) is 29.5. The highest BCUT2D eigenvalue weighted by atomic mass is 16.1. The monoisotopic (exact) mass is 445 g/mol. The zero-order valence-corrected chi connectivity index (χ0v) is 18.7. The highest BCUT2D eigenvalue weighted by Gasteiger charge is 2.15. The second-order valence-corrected chi connectivity index (χ2v) is 7.80. The van der Waals surface area contributed by atoms with Gasteiger partial charge < -0.3 is 10.6 Å². The number of hydrogen-bond acceptors (Lipinski definition) is 5. The Morgan fingerprint density at radius 2 is 1.62 bits per heavy atom. The molecule has 6 heteroatoms. The minimum atomic E-state index is -0.150. The molecule has 0 aliphatic heterocycles. The molecule has 2 aromatic heterocycles. The number of pyridine rings is 1. The molecule has 0 spiro atoms. The highest BCUT2D eigenvalue weighted by Crippen LogP contribution is 2.34. The molecule has 3 aromatic carbocycles. The van der Waals surface area contributed by atoms with Crippen molar-refractivity contribution in [1.29, 1.82) is 0 Å². The standard InChI is InChI=1S/C28H23N5O/c1-29-28(34)21-12-7-11-20(17-21)26-32-24-15-8-14-23(19-9-3-2-4-10-19)25(24)27(33-26)31-18-22-13-5-6-16-30-22/h2-17H,18H2,1H3,(H,29,34)(H,31,32,33). The molecule has 166 valence electrons. The minimum Gasteiger partial charge on any atom is -0.364 e. The Morgan fingerprint density at radius 1 is 0.824 bits per heavy atom. The fourth-order valence-electron chi connectivity index (χ4n) is 3.92. The molecule has 1 amide bonds. The smallest absolute Gasteiger partial charge is 0.251 e. The van der Waals surface area contributed by atoms with Gasteiger partial charge in [-0.05, 0) is 41.5 Å². The van der Waals surface area contributed by atoms with Crippen LogP contribution >= 0.6 is 0 Å². The number of fused-ring (bicyclic) bond motifs is 1. The highest BCUT2D eigenvalue weighted by molar-refractivity contribution is 6.02. The van der Waals surface area contributed by atoms with E-state index >= 15 is 0 Å². The Hall–Kier alpha value is -4.58. The van der Waals surface area contributed by atoms with E-state index in [-0.39, 0.29) is 5.91 Å². The van der Waals surface area contributed by atoms with E-state index in [1.54, 1.807) is 19.3 Å². The summed E-state index contributed by atoms with van der Waals surface area (Å²) < 4.78 is 0. The summed E-state index contributed by atoms with van der Waals surface area (Å²) in [5, 5.41) is 7.09. The SMILES string of the molecule is CNC(=O)c1cccc(-c2nc(NCc3ccccn3)c3c(-c4ccccc4)cccc3n2)c1. The molecule has 0 saturated heterocycles. The van der Waals surface area contributed by atoms with Crippen molar-refractivity contribution < 1.29 is 4.79 Å². The average molecular weight is 446 g/mol. The average Bonchev–Trinajstić information content (AvgIpc) is 2.92. The summed E-state index contributed by atoms with van der Waals surface area (Å²) in [7, 11) is 1.62. The molecule has 2 N–H and O–H groups in total. The first-order valence-corrected chi connectivity index (χ1v) is 11.1. The van der Waals surface area contributed by atoms with Crippen molar-refractivity contribution in [2.24, 2.45) is 0 Å². The first-order valence-electron chi connectivity index (χ1n) is 11.1. The van der Waals surface area contributed by atoms with E-state index in [1.807, 2.05) is 66.7 Å². The minimum absolute atomic E-state index is 0.150.